The maximum absolute atomic E-state index is 14.4. The third-order valence-corrected chi connectivity index (χ3v) is 13.1. The van der Waals surface area contributed by atoms with Crippen LogP contribution in [0.1, 0.15) is 100 Å². The summed E-state index contributed by atoms with van der Waals surface area (Å²) in [5, 5.41) is 24.9. The van der Waals surface area contributed by atoms with Gasteiger partial charge in [-0.3, -0.25) is 14.4 Å². The van der Waals surface area contributed by atoms with Crippen molar-refractivity contribution in [1.29, 1.82) is 5.26 Å². The Hall–Kier alpha value is -2.75. The van der Waals surface area contributed by atoms with Crippen LogP contribution in [0.4, 0.5) is 0 Å². The van der Waals surface area contributed by atoms with Crippen LogP contribution in [-0.2, 0) is 14.4 Å². The van der Waals surface area contributed by atoms with Crippen molar-refractivity contribution in [3.8, 4) is 6.07 Å². The van der Waals surface area contributed by atoms with Crippen LogP contribution < -0.4 is 5.32 Å². The van der Waals surface area contributed by atoms with Gasteiger partial charge in [0.25, 0.3) is 0 Å². The van der Waals surface area contributed by atoms with Crippen LogP contribution in [0, 0.1) is 61.6 Å². The average molecular weight is 548 g/mol. The Morgan fingerprint density at radius 2 is 1.70 bits per heavy atom. The van der Waals surface area contributed by atoms with E-state index in [1.807, 2.05) is 32.9 Å². The lowest BCUT2D eigenvalue weighted by atomic mass is 9.34. The number of nitriles is 1. The molecule has 0 bridgehead atoms. The number of carbonyl (C=O) groups excluding carboxylic acids is 3. The van der Waals surface area contributed by atoms with E-state index in [0.29, 0.717) is 6.42 Å². The summed E-state index contributed by atoms with van der Waals surface area (Å²) in [4.78, 5) is 41.0. The maximum atomic E-state index is 14.4. The monoisotopic (exact) mass is 547 g/mol. The Bertz CT molecular complexity index is 1340. The van der Waals surface area contributed by atoms with Crippen LogP contribution in [-0.4, -0.2) is 28.5 Å². The maximum Gasteiger partial charge on any atom is 0.231 e. The molecule has 1 amide bonds. The molecular weight excluding hydrogens is 502 g/mol. The van der Waals surface area contributed by atoms with Crippen molar-refractivity contribution >= 4 is 23.3 Å². The molecular formula is C33H45N3O4. The highest BCUT2D eigenvalue weighted by molar-refractivity contribution is 6.04. The van der Waals surface area contributed by atoms with E-state index in [1.165, 1.54) is 0 Å². The number of rotatable bonds is 1. The van der Waals surface area contributed by atoms with E-state index in [2.05, 4.69) is 44.2 Å². The summed E-state index contributed by atoms with van der Waals surface area (Å²) >= 11 is 0. The first kappa shape index (κ1) is 28.8. The van der Waals surface area contributed by atoms with Gasteiger partial charge in [-0.15, -0.1) is 0 Å². The summed E-state index contributed by atoms with van der Waals surface area (Å²) in [6.07, 6.45) is 9.66. The molecule has 0 radical (unpaired) electrons. The predicted octanol–water partition coefficient (Wildman–Crippen LogP) is 6.13. The number of Topliss-reactive ketones (excluding diaryl/α,β-unsaturated/α-hetero) is 1. The molecule has 0 heterocycles. The van der Waals surface area contributed by atoms with Gasteiger partial charge in [-0.1, -0.05) is 65.3 Å². The number of nitrogens with zero attached hydrogens (tertiary/aromatic N) is 2. The molecule has 0 aliphatic heterocycles. The van der Waals surface area contributed by atoms with Crippen LogP contribution in [0.15, 0.2) is 28.5 Å². The van der Waals surface area contributed by atoms with Crippen molar-refractivity contribution in [2.45, 2.75) is 100 Å². The van der Waals surface area contributed by atoms with Crippen LogP contribution in [0.25, 0.3) is 0 Å². The Kier molecular flexibility index (Phi) is 6.21. The lowest BCUT2D eigenvalue weighted by Crippen LogP contribution is -2.65. The second-order valence-corrected chi connectivity index (χ2v) is 15.4. The highest BCUT2D eigenvalue weighted by Crippen LogP contribution is 2.74. The molecule has 5 aliphatic carbocycles. The van der Waals surface area contributed by atoms with Crippen molar-refractivity contribution in [3.05, 3.63) is 23.3 Å². The molecule has 216 valence electrons. The SMILES string of the molecule is C/C(=N/O)NC(=O)[C@@]1(C)CC[C@]2(C)CC[C@]3(C)[C@H](C(=O)C=C4[C@@]5(C)C=C(C#N)C(=O)C(C)(C)[C@@H]5CC[C@]43C)[C@@H]2C1. The predicted molar refractivity (Wildman–Crippen MR) is 152 cm³/mol. The van der Waals surface area contributed by atoms with Gasteiger partial charge in [0.1, 0.15) is 11.9 Å². The third kappa shape index (κ3) is 3.53. The van der Waals surface area contributed by atoms with Gasteiger partial charge >= 0.3 is 0 Å². The molecule has 7 heteroatoms. The van der Waals surface area contributed by atoms with Crippen LogP contribution >= 0.6 is 0 Å². The molecule has 40 heavy (non-hydrogen) atoms. The molecule has 2 N–H and O–H groups in total. The normalized spacial score (nSPS) is 46.0. The lowest BCUT2D eigenvalue weighted by molar-refractivity contribution is -0.172. The highest BCUT2D eigenvalue weighted by Gasteiger charge is 2.69. The van der Waals surface area contributed by atoms with Gasteiger partial charge in [-0.2, -0.15) is 5.26 Å². The van der Waals surface area contributed by atoms with E-state index in [1.54, 1.807) is 6.92 Å². The van der Waals surface area contributed by atoms with E-state index in [4.69, 9.17) is 5.21 Å². The van der Waals surface area contributed by atoms with Crippen molar-refractivity contribution in [3.63, 3.8) is 0 Å². The van der Waals surface area contributed by atoms with Gasteiger partial charge in [0, 0.05) is 22.2 Å². The summed E-state index contributed by atoms with van der Waals surface area (Å²) < 4.78 is 0. The summed E-state index contributed by atoms with van der Waals surface area (Å²) in [5.41, 5.74) is -1.22. The molecule has 7 nitrogen and oxygen atoms in total. The number of amides is 1. The molecule has 0 aromatic rings. The first-order valence-electron chi connectivity index (χ1n) is 14.9. The zero-order valence-corrected chi connectivity index (χ0v) is 25.4. The second kappa shape index (κ2) is 8.63. The average Bonchev–Trinajstić information content (AvgIpc) is 2.88. The molecule has 3 fully saturated rings. The van der Waals surface area contributed by atoms with Gasteiger partial charge in [0.05, 0.1) is 5.57 Å². The van der Waals surface area contributed by atoms with Gasteiger partial charge < -0.3 is 10.5 Å². The first-order chi connectivity index (χ1) is 18.4. The summed E-state index contributed by atoms with van der Waals surface area (Å²) in [6.45, 7) is 16.5. The molecule has 5 rings (SSSR count). The molecule has 0 unspecified atom stereocenters. The number of amidine groups is 1. The van der Waals surface area contributed by atoms with Crippen LogP contribution in [0.5, 0.6) is 0 Å². The van der Waals surface area contributed by atoms with E-state index in [9.17, 15) is 19.6 Å². The first-order valence-corrected chi connectivity index (χ1v) is 14.9. The van der Waals surface area contributed by atoms with E-state index in [-0.39, 0.29) is 62.9 Å². The molecule has 0 spiro atoms. The number of nitrogens with one attached hydrogen (secondary N) is 1. The highest BCUT2D eigenvalue weighted by atomic mass is 16.4. The quantitative estimate of drug-likeness (QED) is 0.177. The Balaban J connectivity index is 1.62. The van der Waals surface area contributed by atoms with E-state index >= 15 is 0 Å². The number of hydrogen-bond donors (Lipinski definition) is 2. The van der Waals surface area contributed by atoms with Gasteiger partial charge in [0.15, 0.2) is 11.6 Å². The molecule has 5 aliphatic rings. The molecule has 0 aromatic heterocycles. The topological polar surface area (TPSA) is 120 Å². The van der Waals surface area contributed by atoms with Crippen LogP contribution in [0.3, 0.4) is 0 Å². The number of fused-ring (bicyclic) bond motifs is 7. The van der Waals surface area contributed by atoms with Gasteiger partial charge in [-0.25, -0.2) is 0 Å². The fourth-order valence-corrected chi connectivity index (χ4v) is 10.3. The second-order valence-electron chi connectivity index (χ2n) is 15.4. The minimum atomic E-state index is -0.683. The van der Waals surface area contributed by atoms with Gasteiger partial charge in [0.2, 0.25) is 5.91 Å². The third-order valence-electron chi connectivity index (χ3n) is 13.1. The number of carbonyl (C=O) groups is 3. The molecule has 0 saturated heterocycles. The van der Waals surface area contributed by atoms with Crippen molar-refractivity contribution in [2.24, 2.45) is 55.4 Å². The Morgan fingerprint density at radius 3 is 2.33 bits per heavy atom. The van der Waals surface area contributed by atoms with Crippen molar-refractivity contribution in [2.75, 3.05) is 0 Å². The minimum Gasteiger partial charge on any atom is -0.409 e. The largest absolute Gasteiger partial charge is 0.409 e. The standard InChI is InChI=1S/C33H45N3O4/c1-19(36-40)35-27(39)30(5)12-11-29(4)13-14-33(8)25(21(29)17-30)22(37)15-24-31(6)16-20(18-34)26(38)28(2,3)23(31)9-10-32(24,33)7/h15-16,21,23,25,40H,9-14,17H2,1-8H3,(H,35,36,39)/t21-,23-,25-,29+,30-,31-,32+,33+/m0/s1. The minimum absolute atomic E-state index is 0.0174. The molecule has 3 saturated carbocycles. The Labute approximate surface area is 238 Å². The molecule has 8 atom stereocenters. The van der Waals surface area contributed by atoms with E-state index < -0.39 is 16.2 Å². The lowest BCUT2D eigenvalue weighted by Gasteiger charge is -2.69. The smallest absolute Gasteiger partial charge is 0.231 e. The number of allylic oxidation sites excluding steroid dienone is 4. The fourth-order valence-electron chi connectivity index (χ4n) is 10.3. The van der Waals surface area contributed by atoms with Gasteiger partial charge in [-0.05, 0) is 86.0 Å². The zero-order chi connectivity index (χ0) is 29.7. The summed E-state index contributed by atoms with van der Waals surface area (Å²) in [5.74, 6) is -0.0922. The fraction of sp³-hybridized carbons (Fsp3) is 0.727. The van der Waals surface area contributed by atoms with Crippen molar-refractivity contribution in [1.82, 2.24) is 5.32 Å². The number of ketones is 2. The summed E-state index contributed by atoms with van der Waals surface area (Å²) in [7, 11) is 0. The Morgan fingerprint density at radius 1 is 1.05 bits per heavy atom. The zero-order valence-electron chi connectivity index (χ0n) is 25.4. The number of oxime groups is 1. The summed E-state index contributed by atoms with van der Waals surface area (Å²) in [6, 6.07) is 2.17. The van der Waals surface area contributed by atoms with Crippen molar-refractivity contribution < 1.29 is 19.6 Å². The van der Waals surface area contributed by atoms with Crippen LogP contribution in [0.2, 0.25) is 0 Å². The van der Waals surface area contributed by atoms with E-state index in [0.717, 1.165) is 44.1 Å². The number of hydrogen-bond acceptors (Lipinski definition) is 6. The molecule has 0 aromatic carbocycles.